The summed E-state index contributed by atoms with van der Waals surface area (Å²) in [7, 11) is 0. The molecular formula is C13H18N6O3. The van der Waals surface area contributed by atoms with Gasteiger partial charge in [-0.05, 0) is 20.8 Å². The average molecular weight is 306 g/mol. The molecule has 1 amide bonds. The zero-order valence-corrected chi connectivity index (χ0v) is 12.7. The van der Waals surface area contributed by atoms with Crippen molar-refractivity contribution in [2.24, 2.45) is 0 Å². The number of amides is 1. The molecule has 2 heterocycles. The van der Waals surface area contributed by atoms with Crippen LogP contribution in [0.5, 0.6) is 0 Å². The number of nitrogens with one attached hydrogen (secondary N) is 1. The van der Waals surface area contributed by atoms with Crippen LogP contribution >= 0.6 is 0 Å². The molecule has 9 nitrogen and oxygen atoms in total. The lowest BCUT2D eigenvalue weighted by Crippen LogP contribution is -2.31. The highest BCUT2D eigenvalue weighted by Crippen LogP contribution is 2.13. The summed E-state index contributed by atoms with van der Waals surface area (Å²) in [6.07, 6.45) is 4.09. The maximum Gasteiger partial charge on any atom is 0.307 e. The second kappa shape index (κ2) is 6.37. The van der Waals surface area contributed by atoms with E-state index in [1.807, 2.05) is 18.5 Å². The summed E-state index contributed by atoms with van der Waals surface area (Å²) in [6, 6.07) is -0.629. The first-order valence-electron chi connectivity index (χ1n) is 6.91. The molecule has 1 N–H and O–H groups in total. The van der Waals surface area contributed by atoms with E-state index in [0.717, 1.165) is 24.0 Å². The van der Waals surface area contributed by atoms with Crippen molar-refractivity contribution >= 4 is 11.6 Å². The van der Waals surface area contributed by atoms with Gasteiger partial charge in [0, 0.05) is 24.3 Å². The van der Waals surface area contributed by atoms with E-state index in [1.54, 1.807) is 13.1 Å². The van der Waals surface area contributed by atoms with Crippen LogP contribution in [0.15, 0.2) is 18.6 Å². The lowest BCUT2D eigenvalue weighted by Gasteiger charge is -2.12. The van der Waals surface area contributed by atoms with E-state index in [2.05, 4.69) is 15.5 Å². The van der Waals surface area contributed by atoms with Gasteiger partial charge < -0.3 is 5.32 Å². The smallest absolute Gasteiger partial charge is 0.307 e. The number of hydrogen-bond acceptors (Lipinski definition) is 5. The summed E-state index contributed by atoms with van der Waals surface area (Å²) < 4.78 is 3.12. The van der Waals surface area contributed by atoms with E-state index in [1.165, 1.54) is 10.9 Å². The van der Waals surface area contributed by atoms with Crippen LogP contribution in [0.4, 0.5) is 5.69 Å². The summed E-state index contributed by atoms with van der Waals surface area (Å²) in [4.78, 5) is 22.2. The third-order valence-electron chi connectivity index (χ3n) is 3.53. The molecule has 0 aliphatic rings. The van der Waals surface area contributed by atoms with Gasteiger partial charge in [-0.3, -0.25) is 24.3 Å². The number of nitro groups is 1. The average Bonchev–Trinajstić information content (AvgIpc) is 3.11. The first-order valence-corrected chi connectivity index (χ1v) is 6.91. The fourth-order valence-corrected chi connectivity index (χ4v) is 2.06. The van der Waals surface area contributed by atoms with Crippen molar-refractivity contribution < 1.29 is 9.72 Å². The molecule has 2 aromatic rings. The molecule has 0 saturated carbocycles. The van der Waals surface area contributed by atoms with Crippen molar-refractivity contribution in [3.05, 3.63) is 40.0 Å². The van der Waals surface area contributed by atoms with E-state index in [4.69, 9.17) is 0 Å². The highest BCUT2D eigenvalue weighted by Gasteiger charge is 2.19. The second-order valence-electron chi connectivity index (χ2n) is 4.90. The minimum absolute atomic E-state index is 0.139. The van der Waals surface area contributed by atoms with Crippen LogP contribution in [0.2, 0.25) is 0 Å². The molecule has 0 aromatic carbocycles. The molecule has 0 fully saturated rings. The van der Waals surface area contributed by atoms with Gasteiger partial charge in [0.15, 0.2) is 0 Å². The van der Waals surface area contributed by atoms with Crippen molar-refractivity contribution in [3.63, 3.8) is 0 Å². The third kappa shape index (κ3) is 3.13. The Bertz CT molecular complexity index is 690. The zero-order valence-electron chi connectivity index (χ0n) is 12.7. The zero-order chi connectivity index (χ0) is 16.3. The molecule has 0 aliphatic heterocycles. The van der Waals surface area contributed by atoms with Gasteiger partial charge in [-0.15, -0.1) is 0 Å². The summed E-state index contributed by atoms with van der Waals surface area (Å²) in [5, 5.41) is 21.5. The number of hydrogen-bond donors (Lipinski definition) is 1. The predicted molar refractivity (Wildman–Crippen MR) is 78.1 cm³/mol. The van der Waals surface area contributed by atoms with Gasteiger partial charge >= 0.3 is 5.69 Å². The highest BCUT2D eigenvalue weighted by molar-refractivity contribution is 5.79. The van der Waals surface area contributed by atoms with Gasteiger partial charge in [0.05, 0.1) is 11.1 Å². The molecule has 1 unspecified atom stereocenters. The quantitative estimate of drug-likeness (QED) is 0.637. The molecule has 1 atom stereocenters. The fourth-order valence-electron chi connectivity index (χ4n) is 2.06. The van der Waals surface area contributed by atoms with Crippen LogP contribution in [0.1, 0.15) is 31.1 Å². The Labute approximate surface area is 127 Å². The minimum Gasteiger partial charge on any atom is -0.350 e. The van der Waals surface area contributed by atoms with E-state index in [9.17, 15) is 14.9 Å². The molecule has 0 saturated heterocycles. The number of rotatable bonds is 6. The van der Waals surface area contributed by atoms with Crippen LogP contribution in [0.25, 0.3) is 0 Å². The van der Waals surface area contributed by atoms with Crippen molar-refractivity contribution in [3.8, 4) is 0 Å². The van der Waals surface area contributed by atoms with E-state index in [-0.39, 0.29) is 11.6 Å². The van der Waals surface area contributed by atoms with Gasteiger partial charge in [0.2, 0.25) is 5.91 Å². The molecule has 9 heteroatoms. The SMILES string of the molecule is CCn1ncc(CNC(=O)C(C)n2cc([N+](=O)[O-])cn2)c1C. The third-order valence-corrected chi connectivity index (χ3v) is 3.53. The molecule has 22 heavy (non-hydrogen) atoms. The monoisotopic (exact) mass is 306 g/mol. The predicted octanol–water partition coefficient (Wildman–Crippen LogP) is 1.19. The number of carbonyl (C=O) groups excluding carboxylic acids is 1. The van der Waals surface area contributed by atoms with Crippen LogP contribution in [0.3, 0.4) is 0 Å². The summed E-state index contributed by atoms with van der Waals surface area (Å²) >= 11 is 0. The lowest BCUT2D eigenvalue weighted by molar-refractivity contribution is -0.385. The molecular weight excluding hydrogens is 288 g/mol. The highest BCUT2D eigenvalue weighted by atomic mass is 16.6. The van der Waals surface area contributed by atoms with E-state index in [0.29, 0.717) is 6.54 Å². The normalized spacial score (nSPS) is 12.1. The largest absolute Gasteiger partial charge is 0.350 e. The lowest BCUT2D eigenvalue weighted by atomic mass is 10.2. The molecule has 118 valence electrons. The first kappa shape index (κ1) is 15.7. The molecule has 0 aliphatic carbocycles. The molecule has 0 radical (unpaired) electrons. The fraction of sp³-hybridized carbons (Fsp3) is 0.462. The molecule has 2 rings (SSSR count). The van der Waals surface area contributed by atoms with Crippen LogP contribution < -0.4 is 5.32 Å². The first-order chi connectivity index (χ1) is 10.4. The summed E-state index contributed by atoms with van der Waals surface area (Å²) in [6.45, 7) is 6.70. The Balaban J connectivity index is 1.98. The number of carbonyl (C=O) groups is 1. The maximum atomic E-state index is 12.1. The second-order valence-corrected chi connectivity index (χ2v) is 4.90. The summed E-state index contributed by atoms with van der Waals surface area (Å²) in [5.41, 5.74) is 1.80. The molecule has 2 aromatic heterocycles. The van der Waals surface area contributed by atoms with Crippen LogP contribution in [-0.2, 0) is 17.9 Å². The Morgan fingerprint density at radius 2 is 2.18 bits per heavy atom. The number of aryl methyl sites for hydroxylation is 1. The van der Waals surface area contributed by atoms with Gasteiger partial charge in [0.25, 0.3) is 0 Å². The van der Waals surface area contributed by atoms with Crippen molar-refractivity contribution in [2.45, 2.75) is 39.9 Å². The van der Waals surface area contributed by atoms with Crippen molar-refractivity contribution in [1.29, 1.82) is 0 Å². The summed E-state index contributed by atoms with van der Waals surface area (Å²) in [5.74, 6) is -0.262. The molecule has 0 spiro atoms. The molecule has 0 bridgehead atoms. The standard InChI is InChI=1S/C13H18N6O3/c1-4-17-9(2)11(6-15-17)5-14-13(20)10(3)18-8-12(7-16-18)19(21)22/h6-8,10H,4-5H2,1-3H3,(H,14,20). The van der Waals surface area contributed by atoms with Crippen molar-refractivity contribution in [1.82, 2.24) is 24.9 Å². The van der Waals surface area contributed by atoms with Crippen LogP contribution in [-0.4, -0.2) is 30.4 Å². The maximum absolute atomic E-state index is 12.1. The minimum atomic E-state index is -0.629. The Morgan fingerprint density at radius 1 is 1.45 bits per heavy atom. The van der Waals surface area contributed by atoms with Gasteiger partial charge in [-0.1, -0.05) is 0 Å². The van der Waals surface area contributed by atoms with Gasteiger partial charge in [-0.25, -0.2) is 0 Å². The number of aromatic nitrogens is 4. The van der Waals surface area contributed by atoms with E-state index < -0.39 is 11.0 Å². The van der Waals surface area contributed by atoms with Gasteiger partial charge in [-0.2, -0.15) is 10.2 Å². The van der Waals surface area contributed by atoms with Gasteiger partial charge in [0.1, 0.15) is 18.4 Å². The Morgan fingerprint density at radius 3 is 2.73 bits per heavy atom. The van der Waals surface area contributed by atoms with E-state index >= 15 is 0 Å². The Kier molecular flexibility index (Phi) is 4.54. The topological polar surface area (TPSA) is 108 Å². The van der Waals surface area contributed by atoms with Crippen molar-refractivity contribution in [2.75, 3.05) is 0 Å². The van der Waals surface area contributed by atoms with Crippen LogP contribution in [0, 0.1) is 17.0 Å². The Hall–Kier alpha value is -2.71. The number of nitrogens with zero attached hydrogens (tertiary/aromatic N) is 5.